The van der Waals surface area contributed by atoms with Crippen LogP contribution in [0.1, 0.15) is 28.5 Å². The number of anilines is 1. The van der Waals surface area contributed by atoms with Crippen LogP contribution in [-0.4, -0.2) is 35.8 Å². The van der Waals surface area contributed by atoms with Gasteiger partial charge in [-0.25, -0.2) is 0 Å². The third-order valence-corrected chi connectivity index (χ3v) is 4.65. The molecular weight excluding hydrogens is 408 g/mol. The van der Waals surface area contributed by atoms with E-state index in [1.807, 2.05) is 55.5 Å². The molecule has 0 radical (unpaired) electrons. The summed E-state index contributed by atoms with van der Waals surface area (Å²) in [5.74, 6) is 0.720. The van der Waals surface area contributed by atoms with Gasteiger partial charge in [0, 0.05) is 31.4 Å². The Balaban J connectivity index is 1.71. The van der Waals surface area contributed by atoms with Crippen molar-refractivity contribution in [2.45, 2.75) is 20.1 Å². The number of amides is 2. The summed E-state index contributed by atoms with van der Waals surface area (Å²) in [6.45, 7) is 2.80. The van der Waals surface area contributed by atoms with Crippen LogP contribution in [0.2, 0.25) is 0 Å². The Labute approximate surface area is 186 Å². The molecule has 0 atom stereocenters. The third-order valence-electron chi connectivity index (χ3n) is 4.65. The Kier molecular flexibility index (Phi) is 7.64. The fourth-order valence-electron chi connectivity index (χ4n) is 3.00. The Hall–Kier alpha value is -4.07. The number of aromatic nitrogens is 2. The van der Waals surface area contributed by atoms with E-state index in [1.54, 1.807) is 24.1 Å². The number of methoxy groups -OCH3 is 1. The zero-order valence-electron chi connectivity index (χ0n) is 18.3. The molecule has 8 heteroatoms. The van der Waals surface area contributed by atoms with Gasteiger partial charge in [0.1, 0.15) is 18.1 Å². The summed E-state index contributed by atoms with van der Waals surface area (Å²) in [6, 6.07) is 15.1. The second-order valence-electron chi connectivity index (χ2n) is 6.82. The van der Waals surface area contributed by atoms with Gasteiger partial charge in [0.15, 0.2) is 5.69 Å². The normalized spacial score (nSPS) is 10.7. The number of carbonyl (C=O) groups is 2. The van der Waals surface area contributed by atoms with Crippen LogP contribution >= 0.6 is 0 Å². The van der Waals surface area contributed by atoms with Crippen LogP contribution in [0, 0.1) is 0 Å². The highest BCUT2D eigenvalue weighted by molar-refractivity contribution is 6.06. The number of nitrogens with zero attached hydrogens (tertiary/aromatic N) is 2. The summed E-state index contributed by atoms with van der Waals surface area (Å²) in [6.07, 6.45) is 4.72. The number of carbonyl (C=O) groups excluding carboxylic acids is 2. The SMILES string of the molecule is CCn1cc(NC(=O)/C=C/c2ccc(OC)c(COc3ccccc3)c2)c(C(=O)NC)n1. The van der Waals surface area contributed by atoms with Crippen molar-refractivity contribution in [3.63, 3.8) is 0 Å². The number of hydrogen-bond donors (Lipinski definition) is 2. The molecular formula is C24H26N4O4. The molecule has 2 amide bonds. The Morgan fingerprint density at radius 3 is 2.62 bits per heavy atom. The quantitative estimate of drug-likeness (QED) is 0.503. The molecule has 2 aromatic carbocycles. The Morgan fingerprint density at radius 1 is 1.16 bits per heavy atom. The van der Waals surface area contributed by atoms with Crippen molar-refractivity contribution in [1.29, 1.82) is 0 Å². The summed E-state index contributed by atoms with van der Waals surface area (Å²) in [5, 5.41) is 9.42. The zero-order valence-corrected chi connectivity index (χ0v) is 18.3. The minimum Gasteiger partial charge on any atom is -0.496 e. The molecule has 0 fully saturated rings. The van der Waals surface area contributed by atoms with Gasteiger partial charge in [-0.1, -0.05) is 24.3 Å². The Bertz CT molecular complexity index is 1110. The molecule has 166 valence electrons. The van der Waals surface area contributed by atoms with Crippen molar-refractivity contribution in [3.8, 4) is 11.5 Å². The number of nitrogens with one attached hydrogen (secondary N) is 2. The van der Waals surface area contributed by atoms with Crippen LogP contribution < -0.4 is 20.1 Å². The average Bonchev–Trinajstić information content (AvgIpc) is 3.24. The van der Waals surface area contributed by atoms with Crippen LogP contribution in [0.15, 0.2) is 60.8 Å². The van der Waals surface area contributed by atoms with E-state index in [2.05, 4.69) is 15.7 Å². The molecule has 3 rings (SSSR count). The molecule has 0 spiro atoms. The van der Waals surface area contributed by atoms with Crippen LogP contribution in [-0.2, 0) is 17.9 Å². The van der Waals surface area contributed by atoms with Crippen LogP contribution in [0.5, 0.6) is 11.5 Å². The highest BCUT2D eigenvalue weighted by atomic mass is 16.5. The van der Waals surface area contributed by atoms with E-state index in [9.17, 15) is 9.59 Å². The van der Waals surface area contributed by atoms with E-state index >= 15 is 0 Å². The monoisotopic (exact) mass is 434 g/mol. The lowest BCUT2D eigenvalue weighted by Crippen LogP contribution is -2.21. The first kappa shape index (κ1) is 22.6. The number of aryl methyl sites for hydroxylation is 1. The summed E-state index contributed by atoms with van der Waals surface area (Å²) >= 11 is 0. The van der Waals surface area contributed by atoms with Crippen LogP contribution in [0.4, 0.5) is 5.69 Å². The first-order valence-corrected chi connectivity index (χ1v) is 10.2. The van der Waals surface area contributed by atoms with Gasteiger partial charge in [-0.2, -0.15) is 5.10 Å². The smallest absolute Gasteiger partial charge is 0.273 e. The van der Waals surface area contributed by atoms with Gasteiger partial charge in [0.2, 0.25) is 5.91 Å². The van der Waals surface area contributed by atoms with Crippen molar-refractivity contribution in [3.05, 3.63) is 77.6 Å². The van der Waals surface area contributed by atoms with Gasteiger partial charge in [-0.05, 0) is 42.8 Å². The lowest BCUT2D eigenvalue weighted by Gasteiger charge is -2.11. The molecule has 1 aromatic heterocycles. The molecule has 0 aliphatic rings. The first-order valence-electron chi connectivity index (χ1n) is 10.2. The summed E-state index contributed by atoms with van der Waals surface area (Å²) in [7, 11) is 3.12. The summed E-state index contributed by atoms with van der Waals surface area (Å²) in [4.78, 5) is 24.5. The van der Waals surface area contributed by atoms with Gasteiger partial charge in [0.05, 0.1) is 12.8 Å². The molecule has 0 bridgehead atoms. The minimum atomic E-state index is -0.372. The molecule has 0 aliphatic carbocycles. The highest BCUT2D eigenvalue weighted by Crippen LogP contribution is 2.23. The van der Waals surface area contributed by atoms with Crippen molar-refractivity contribution in [2.24, 2.45) is 0 Å². The van der Waals surface area contributed by atoms with Crippen molar-refractivity contribution in [1.82, 2.24) is 15.1 Å². The minimum absolute atomic E-state index is 0.167. The summed E-state index contributed by atoms with van der Waals surface area (Å²) < 4.78 is 12.8. The number of rotatable bonds is 9. The predicted molar refractivity (Wildman–Crippen MR) is 123 cm³/mol. The molecule has 0 saturated heterocycles. The van der Waals surface area contributed by atoms with Crippen molar-refractivity contribution < 1.29 is 19.1 Å². The molecule has 2 N–H and O–H groups in total. The van der Waals surface area contributed by atoms with E-state index in [0.717, 1.165) is 16.9 Å². The molecule has 0 unspecified atom stereocenters. The molecule has 0 saturated carbocycles. The average molecular weight is 434 g/mol. The van der Waals surface area contributed by atoms with Gasteiger partial charge in [-0.3, -0.25) is 14.3 Å². The van der Waals surface area contributed by atoms with Gasteiger partial charge in [0.25, 0.3) is 5.91 Å². The fourth-order valence-corrected chi connectivity index (χ4v) is 3.00. The predicted octanol–water partition coefficient (Wildman–Crippen LogP) is 3.50. The van der Waals surface area contributed by atoms with Gasteiger partial charge in [-0.15, -0.1) is 0 Å². The van der Waals surface area contributed by atoms with Crippen molar-refractivity contribution >= 4 is 23.6 Å². The van der Waals surface area contributed by atoms with Gasteiger partial charge < -0.3 is 20.1 Å². The molecule has 0 aliphatic heterocycles. The number of ether oxygens (including phenoxy) is 2. The van der Waals surface area contributed by atoms with Crippen molar-refractivity contribution in [2.75, 3.05) is 19.5 Å². The molecule has 8 nitrogen and oxygen atoms in total. The van der Waals surface area contributed by atoms with E-state index in [0.29, 0.717) is 24.6 Å². The molecule has 3 aromatic rings. The topological polar surface area (TPSA) is 94.5 Å². The third kappa shape index (κ3) is 5.75. The number of hydrogen-bond acceptors (Lipinski definition) is 5. The van der Waals surface area contributed by atoms with Gasteiger partial charge >= 0.3 is 0 Å². The lowest BCUT2D eigenvalue weighted by molar-refractivity contribution is -0.111. The highest BCUT2D eigenvalue weighted by Gasteiger charge is 2.16. The number of para-hydroxylation sites is 1. The standard InChI is InChI=1S/C24H26N4O4/c1-4-28-15-20(23(27-28)24(30)25-2)26-22(29)13-11-17-10-12-21(31-3)18(14-17)16-32-19-8-6-5-7-9-19/h5-15H,4,16H2,1-3H3,(H,25,30)(H,26,29)/b13-11+. The lowest BCUT2D eigenvalue weighted by atomic mass is 10.1. The van der Waals surface area contributed by atoms with Crippen LogP contribution in [0.3, 0.4) is 0 Å². The maximum atomic E-state index is 12.4. The Morgan fingerprint density at radius 2 is 1.94 bits per heavy atom. The largest absolute Gasteiger partial charge is 0.496 e. The molecule has 32 heavy (non-hydrogen) atoms. The van der Waals surface area contributed by atoms with E-state index in [1.165, 1.54) is 13.1 Å². The fraction of sp³-hybridized carbons (Fsp3) is 0.208. The zero-order chi connectivity index (χ0) is 22.9. The summed E-state index contributed by atoms with van der Waals surface area (Å²) in [5.41, 5.74) is 2.18. The maximum absolute atomic E-state index is 12.4. The number of benzene rings is 2. The van der Waals surface area contributed by atoms with E-state index in [-0.39, 0.29) is 17.5 Å². The second-order valence-corrected chi connectivity index (χ2v) is 6.82. The second kappa shape index (κ2) is 10.8. The van der Waals surface area contributed by atoms with E-state index < -0.39 is 0 Å². The molecule has 1 heterocycles. The van der Waals surface area contributed by atoms with E-state index in [4.69, 9.17) is 9.47 Å². The van der Waals surface area contributed by atoms with Crippen LogP contribution in [0.25, 0.3) is 6.08 Å². The first-order chi connectivity index (χ1) is 15.5. The maximum Gasteiger partial charge on any atom is 0.273 e.